The number of oxazole rings is 1. The highest BCUT2D eigenvalue weighted by Crippen LogP contribution is 2.22. The summed E-state index contributed by atoms with van der Waals surface area (Å²) in [5.41, 5.74) is 3.16. The summed E-state index contributed by atoms with van der Waals surface area (Å²) < 4.78 is 5.57. The zero-order valence-electron chi connectivity index (χ0n) is 11.7. The lowest BCUT2D eigenvalue weighted by Crippen LogP contribution is -2.31. The average Bonchev–Trinajstić information content (AvgIpc) is 3.09. The standard InChI is InChI=1S/C16H20N2O2/c1-12-4-6-13(7-5-12)16-17-14(11-20-16)9-18-8-2-3-15(18)10-19/h4-7,11,15,19H,2-3,8-10H2,1H3/t15-/m0/s1. The van der Waals surface area contributed by atoms with Crippen molar-refractivity contribution in [2.75, 3.05) is 13.2 Å². The van der Waals surface area contributed by atoms with Crippen LogP contribution in [0, 0.1) is 6.92 Å². The van der Waals surface area contributed by atoms with Gasteiger partial charge in [0.05, 0.1) is 12.3 Å². The number of aryl methyl sites for hydroxylation is 1. The van der Waals surface area contributed by atoms with Crippen LogP contribution in [0.5, 0.6) is 0 Å². The Morgan fingerprint density at radius 2 is 2.15 bits per heavy atom. The molecule has 20 heavy (non-hydrogen) atoms. The zero-order valence-corrected chi connectivity index (χ0v) is 11.7. The third-order valence-electron chi connectivity index (χ3n) is 3.93. The van der Waals surface area contributed by atoms with E-state index in [-0.39, 0.29) is 12.6 Å². The van der Waals surface area contributed by atoms with Crippen LogP contribution >= 0.6 is 0 Å². The molecule has 1 N–H and O–H groups in total. The predicted octanol–water partition coefficient (Wildman–Crippen LogP) is 2.61. The van der Waals surface area contributed by atoms with E-state index >= 15 is 0 Å². The van der Waals surface area contributed by atoms with Crippen molar-refractivity contribution >= 4 is 0 Å². The first kappa shape index (κ1) is 13.3. The summed E-state index contributed by atoms with van der Waals surface area (Å²) in [6.07, 6.45) is 3.94. The van der Waals surface area contributed by atoms with E-state index in [1.807, 2.05) is 12.1 Å². The molecule has 3 rings (SSSR count). The number of benzene rings is 1. The number of hydrogen-bond acceptors (Lipinski definition) is 4. The zero-order chi connectivity index (χ0) is 13.9. The summed E-state index contributed by atoms with van der Waals surface area (Å²) in [6, 6.07) is 8.44. The van der Waals surface area contributed by atoms with Gasteiger partial charge in [-0.15, -0.1) is 0 Å². The molecule has 0 unspecified atom stereocenters. The lowest BCUT2D eigenvalue weighted by atomic mass is 10.1. The number of hydrogen-bond donors (Lipinski definition) is 1. The lowest BCUT2D eigenvalue weighted by Gasteiger charge is -2.20. The number of rotatable bonds is 4. The second-order valence-electron chi connectivity index (χ2n) is 5.46. The Balaban J connectivity index is 1.72. The first-order valence-electron chi connectivity index (χ1n) is 7.12. The molecule has 1 saturated heterocycles. The second-order valence-corrected chi connectivity index (χ2v) is 5.46. The fourth-order valence-corrected chi connectivity index (χ4v) is 2.73. The maximum absolute atomic E-state index is 9.34. The minimum absolute atomic E-state index is 0.225. The van der Waals surface area contributed by atoms with E-state index in [0.717, 1.165) is 37.2 Å². The summed E-state index contributed by atoms with van der Waals surface area (Å²) in [7, 11) is 0. The topological polar surface area (TPSA) is 49.5 Å². The smallest absolute Gasteiger partial charge is 0.226 e. The van der Waals surface area contributed by atoms with Gasteiger partial charge in [-0.1, -0.05) is 17.7 Å². The van der Waals surface area contributed by atoms with Crippen LogP contribution in [0.4, 0.5) is 0 Å². The summed E-state index contributed by atoms with van der Waals surface area (Å²) in [5, 5.41) is 9.34. The third kappa shape index (κ3) is 2.76. The molecule has 2 aromatic rings. The Hall–Kier alpha value is -1.65. The van der Waals surface area contributed by atoms with Gasteiger partial charge in [-0.3, -0.25) is 4.90 Å². The molecule has 1 aromatic heterocycles. The monoisotopic (exact) mass is 272 g/mol. The van der Waals surface area contributed by atoms with Gasteiger partial charge in [-0.05, 0) is 38.4 Å². The molecule has 0 aliphatic carbocycles. The molecule has 0 bridgehead atoms. The van der Waals surface area contributed by atoms with E-state index in [4.69, 9.17) is 4.42 Å². The Bertz CT molecular complexity index is 562. The molecule has 1 atom stereocenters. The second kappa shape index (κ2) is 5.77. The van der Waals surface area contributed by atoms with Gasteiger partial charge in [0.25, 0.3) is 0 Å². The minimum atomic E-state index is 0.225. The van der Waals surface area contributed by atoms with Crippen LogP contribution in [0.1, 0.15) is 24.1 Å². The van der Waals surface area contributed by atoms with Crippen LogP contribution in [0.2, 0.25) is 0 Å². The average molecular weight is 272 g/mol. The highest BCUT2D eigenvalue weighted by atomic mass is 16.3. The quantitative estimate of drug-likeness (QED) is 0.929. The Morgan fingerprint density at radius 1 is 1.35 bits per heavy atom. The largest absolute Gasteiger partial charge is 0.444 e. The molecule has 0 amide bonds. The molecule has 106 valence electrons. The molecule has 4 heteroatoms. The minimum Gasteiger partial charge on any atom is -0.444 e. The molecular formula is C16H20N2O2. The Labute approximate surface area is 119 Å². The lowest BCUT2D eigenvalue weighted by molar-refractivity contribution is 0.152. The van der Waals surface area contributed by atoms with Crippen molar-refractivity contribution in [2.45, 2.75) is 32.4 Å². The molecule has 1 aliphatic heterocycles. The van der Waals surface area contributed by atoms with Crippen molar-refractivity contribution in [1.29, 1.82) is 0 Å². The molecule has 0 saturated carbocycles. The molecule has 2 heterocycles. The van der Waals surface area contributed by atoms with Crippen molar-refractivity contribution in [2.24, 2.45) is 0 Å². The first-order valence-corrected chi connectivity index (χ1v) is 7.12. The van der Waals surface area contributed by atoms with E-state index in [9.17, 15) is 5.11 Å². The maximum atomic E-state index is 9.34. The predicted molar refractivity (Wildman–Crippen MR) is 77.2 cm³/mol. The maximum Gasteiger partial charge on any atom is 0.226 e. The molecule has 1 aliphatic rings. The van der Waals surface area contributed by atoms with Gasteiger partial charge in [-0.25, -0.2) is 4.98 Å². The van der Waals surface area contributed by atoms with Crippen LogP contribution in [0.3, 0.4) is 0 Å². The van der Waals surface area contributed by atoms with Gasteiger partial charge >= 0.3 is 0 Å². The van der Waals surface area contributed by atoms with Crippen LogP contribution in [0.15, 0.2) is 34.9 Å². The van der Waals surface area contributed by atoms with E-state index in [1.165, 1.54) is 5.56 Å². The van der Waals surface area contributed by atoms with Gasteiger partial charge in [0.2, 0.25) is 5.89 Å². The molecule has 1 aromatic carbocycles. The van der Waals surface area contributed by atoms with Gasteiger partial charge in [-0.2, -0.15) is 0 Å². The van der Waals surface area contributed by atoms with E-state index in [0.29, 0.717) is 5.89 Å². The summed E-state index contributed by atoms with van der Waals surface area (Å²) in [5.74, 6) is 0.666. The summed E-state index contributed by atoms with van der Waals surface area (Å²) >= 11 is 0. The normalized spacial score (nSPS) is 19.6. The van der Waals surface area contributed by atoms with Gasteiger partial charge in [0.1, 0.15) is 6.26 Å². The fourth-order valence-electron chi connectivity index (χ4n) is 2.73. The van der Waals surface area contributed by atoms with E-state index in [1.54, 1.807) is 6.26 Å². The van der Waals surface area contributed by atoms with Crippen molar-refractivity contribution in [3.63, 3.8) is 0 Å². The van der Waals surface area contributed by atoms with E-state index in [2.05, 4.69) is 28.9 Å². The van der Waals surface area contributed by atoms with Crippen molar-refractivity contribution in [3.8, 4) is 11.5 Å². The van der Waals surface area contributed by atoms with Gasteiger partial charge in [0, 0.05) is 18.2 Å². The van der Waals surface area contributed by atoms with Gasteiger partial charge < -0.3 is 9.52 Å². The highest BCUT2D eigenvalue weighted by molar-refractivity contribution is 5.53. The van der Waals surface area contributed by atoms with E-state index < -0.39 is 0 Å². The molecular weight excluding hydrogens is 252 g/mol. The molecule has 0 radical (unpaired) electrons. The summed E-state index contributed by atoms with van der Waals surface area (Å²) in [4.78, 5) is 6.83. The van der Waals surface area contributed by atoms with Crippen molar-refractivity contribution in [3.05, 3.63) is 41.8 Å². The third-order valence-corrected chi connectivity index (χ3v) is 3.93. The Kier molecular flexibility index (Phi) is 3.85. The number of aliphatic hydroxyl groups excluding tert-OH is 1. The molecule has 0 spiro atoms. The number of aliphatic hydroxyl groups is 1. The molecule has 1 fully saturated rings. The SMILES string of the molecule is Cc1ccc(-c2nc(CN3CCC[C@H]3CO)co2)cc1. The Morgan fingerprint density at radius 3 is 2.90 bits per heavy atom. The number of aromatic nitrogens is 1. The van der Waals surface area contributed by atoms with Crippen LogP contribution in [-0.4, -0.2) is 34.2 Å². The molecule has 4 nitrogen and oxygen atoms in total. The van der Waals surface area contributed by atoms with Crippen molar-refractivity contribution in [1.82, 2.24) is 9.88 Å². The highest BCUT2D eigenvalue weighted by Gasteiger charge is 2.24. The first-order chi connectivity index (χ1) is 9.76. The van der Waals surface area contributed by atoms with Crippen LogP contribution in [0.25, 0.3) is 11.5 Å². The van der Waals surface area contributed by atoms with Crippen molar-refractivity contribution < 1.29 is 9.52 Å². The van der Waals surface area contributed by atoms with Gasteiger partial charge in [0.15, 0.2) is 0 Å². The van der Waals surface area contributed by atoms with Crippen LogP contribution in [-0.2, 0) is 6.54 Å². The number of likely N-dealkylation sites (tertiary alicyclic amines) is 1. The van der Waals surface area contributed by atoms with Crippen LogP contribution < -0.4 is 0 Å². The summed E-state index contributed by atoms with van der Waals surface area (Å²) in [6.45, 7) is 4.06. The fraction of sp³-hybridized carbons (Fsp3) is 0.438. The number of nitrogens with zero attached hydrogens (tertiary/aromatic N) is 2.